The van der Waals surface area contributed by atoms with E-state index in [0.717, 1.165) is 51.0 Å². The van der Waals surface area contributed by atoms with E-state index in [0.29, 0.717) is 11.9 Å². The summed E-state index contributed by atoms with van der Waals surface area (Å²) < 4.78 is 0. The molecule has 0 aromatic carbocycles. The van der Waals surface area contributed by atoms with Crippen molar-refractivity contribution in [3.63, 3.8) is 0 Å². The summed E-state index contributed by atoms with van der Waals surface area (Å²) >= 11 is 0. The van der Waals surface area contributed by atoms with E-state index in [4.69, 9.17) is 0 Å². The highest BCUT2D eigenvalue weighted by Crippen LogP contribution is 2.29. The number of likely N-dealkylation sites (tertiary alicyclic amines) is 1. The third-order valence-electron chi connectivity index (χ3n) is 5.73. The highest BCUT2D eigenvalue weighted by atomic mass is 35.5. The Kier molecular flexibility index (Phi) is 6.33. The van der Waals surface area contributed by atoms with Gasteiger partial charge in [0, 0.05) is 31.6 Å². The molecule has 0 spiro atoms. The number of piperidine rings is 1. The summed E-state index contributed by atoms with van der Waals surface area (Å²) in [6.07, 6.45) is 8.15. The quantitative estimate of drug-likeness (QED) is 0.864. The Balaban J connectivity index is 0.00000161. The molecular weight excluding hydrogens is 286 g/mol. The van der Waals surface area contributed by atoms with Gasteiger partial charge in [0.25, 0.3) is 0 Å². The highest BCUT2D eigenvalue weighted by Gasteiger charge is 2.35. The summed E-state index contributed by atoms with van der Waals surface area (Å²) in [6.45, 7) is 4.23. The van der Waals surface area contributed by atoms with Crippen molar-refractivity contribution in [3.8, 4) is 0 Å². The van der Waals surface area contributed by atoms with Crippen molar-refractivity contribution in [3.05, 3.63) is 0 Å². The van der Waals surface area contributed by atoms with Gasteiger partial charge in [-0.05, 0) is 64.6 Å². The van der Waals surface area contributed by atoms with E-state index in [1.165, 1.54) is 32.1 Å². The van der Waals surface area contributed by atoms with Crippen molar-refractivity contribution >= 4 is 18.3 Å². The van der Waals surface area contributed by atoms with Crippen molar-refractivity contribution in [1.29, 1.82) is 0 Å². The number of nitrogens with one attached hydrogen (secondary N) is 1. The summed E-state index contributed by atoms with van der Waals surface area (Å²) in [5.41, 5.74) is 0. The van der Waals surface area contributed by atoms with Crippen molar-refractivity contribution in [2.24, 2.45) is 5.92 Å². The molecule has 3 heterocycles. The molecule has 0 radical (unpaired) electrons. The van der Waals surface area contributed by atoms with E-state index in [2.05, 4.69) is 22.2 Å². The van der Waals surface area contributed by atoms with Crippen LogP contribution >= 0.6 is 12.4 Å². The van der Waals surface area contributed by atoms with Crippen molar-refractivity contribution < 1.29 is 4.79 Å². The first-order valence-electron chi connectivity index (χ1n) is 8.44. The molecule has 21 heavy (non-hydrogen) atoms. The number of amides is 1. The van der Waals surface area contributed by atoms with Gasteiger partial charge in [-0.2, -0.15) is 0 Å². The molecule has 5 heteroatoms. The largest absolute Gasteiger partial charge is 0.341 e. The molecule has 0 aromatic rings. The maximum atomic E-state index is 12.5. The average molecular weight is 316 g/mol. The summed E-state index contributed by atoms with van der Waals surface area (Å²) in [4.78, 5) is 17.1. The van der Waals surface area contributed by atoms with E-state index < -0.39 is 0 Å². The summed E-state index contributed by atoms with van der Waals surface area (Å²) in [7, 11) is 2.24. The number of rotatable bonds is 3. The van der Waals surface area contributed by atoms with Crippen LogP contribution in [-0.4, -0.2) is 61.0 Å². The van der Waals surface area contributed by atoms with Crippen LogP contribution in [0.1, 0.15) is 44.9 Å². The number of halogens is 1. The zero-order valence-corrected chi connectivity index (χ0v) is 14.0. The molecule has 0 aliphatic carbocycles. The maximum Gasteiger partial charge on any atom is 0.222 e. The lowest BCUT2D eigenvalue weighted by Crippen LogP contribution is -2.40. The predicted octanol–water partition coefficient (Wildman–Crippen LogP) is 1.88. The van der Waals surface area contributed by atoms with Crippen molar-refractivity contribution in [1.82, 2.24) is 15.1 Å². The van der Waals surface area contributed by atoms with E-state index in [9.17, 15) is 4.79 Å². The average Bonchev–Trinajstić information content (AvgIpc) is 2.71. The molecule has 3 rings (SSSR count). The van der Waals surface area contributed by atoms with E-state index in [1.54, 1.807) is 0 Å². The van der Waals surface area contributed by atoms with Gasteiger partial charge >= 0.3 is 0 Å². The Labute approximate surface area is 135 Å². The molecule has 3 saturated heterocycles. The maximum absolute atomic E-state index is 12.5. The molecule has 2 atom stereocenters. The van der Waals surface area contributed by atoms with Crippen LogP contribution in [0.3, 0.4) is 0 Å². The molecule has 0 saturated carbocycles. The normalized spacial score (nSPS) is 30.8. The number of carbonyl (C=O) groups is 1. The first-order chi connectivity index (χ1) is 9.74. The van der Waals surface area contributed by atoms with Gasteiger partial charge < -0.3 is 10.2 Å². The van der Waals surface area contributed by atoms with E-state index >= 15 is 0 Å². The molecule has 3 aliphatic rings. The zero-order chi connectivity index (χ0) is 13.9. The number of likely N-dealkylation sites (N-methyl/N-ethyl adjacent to an activating group) is 1. The first kappa shape index (κ1) is 17.0. The lowest BCUT2D eigenvalue weighted by Gasteiger charge is -2.27. The number of hydrogen-bond donors (Lipinski definition) is 1. The molecule has 2 bridgehead atoms. The monoisotopic (exact) mass is 315 g/mol. The van der Waals surface area contributed by atoms with Gasteiger partial charge in [0.05, 0.1) is 0 Å². The first-order valence-corrected chi connectivity index (χ1v) is 8.44. The fourth-order valence-corrected chi connectivity index (χ4v) is 4.19. The molecule has 122 valence electrons. The zero-order valence-electron chi connectivity index (χ0n) is 13.2. The van der Waals surface area contributed by atoms with Crippen LogP contribution in [-0.2, 0) is 4.79 Å². The Bertz CT molecular complexity index is 346. The van der Waals surface area contributed by atoms with Gasteiger partial charge in [-0.15, -0.1) is 12.4 Å². The second-order valence-electron chi connectivity index (χ2n) is 6.91. The predicted molar refractivity (Wildman–Crippen MR) is 87.8 cm³/mol. The smallest absolute Gasteiger partial charge is 0.222 e. The lowest BCUT2D eigenvalue weighted by molar-refractivity contribution is -0.131. The number of carbonyl (C=O) groups excluding carboxylic acids is 1. The minimum atomic E-state index is 0. The van der Waals surface area contributed by atoms with Crippen LogP contribution in [0.15, 0.2) is 0 Å². The van der Waals surface area contributed by atoms with E-state index in [1.807, 2.05) is 0 Å². The van der Waals surface area contributed by atoms with Gasteiger partial charge in [-0.25, -0.2) is 0 Å². The minimum Gasteiger partial charge on any atom is -0.341 e. The van der Waals surface area contributed by atoms with Crippen LogP contribution in [0.4, 0.5) is 0 Å². The highest BCUT2D eigenvalue weighted by molar-refractivity contribution is 5.85. The molecule has 1 amide bonds. The topological polar surface area (TPSA) is 35.6 Å². The van der Waals surface area contributed by atoms with Gasteiger partial charge in [0.15, 0.2) is 0 Å². The van der Waals surface area contributed by atoms with Crippen LogP contribution in [0.25, 0.3) is 0 Å². The summed E-state index contributed by atoms with van der Waals surface area (Å²) in [5, 5.41) is 3.40. The Morgan fingerprint density at radius 3 is 2.57 bits per heavy atom. The van der Waals surface area contributed by atoms with E-state index in [-0.39, 0.29) is 12.4 Å². The fraction of sp³-hybridized carbons (Fsp3) is 0.938. The second-order valence-corrected chi connectivity index (χ2v) is 6.91. The van der Waals surface area contributed by atoms with Crippen LogP contribution in [0.2, 0.25) is 0 Å². The second kappa shape index (κ2) is 7.80. The third-order valence-corrected chi connectivity index (χ3v) is 5.73. The van der Waals surface area contributed by atoms with Gasteiger partial charge in [-0.3, -0.25) is 9.69 Å². The lowest BCUT2D eigenvalue weighted by atomic mass is 9.93. The Morgan fingerprint density at radius 1 is 1.10 bits per heavy atom. The Morgan fingerprint density at radius 2 is 1.81 bits per heavy atom. The van der Waals surface area contributed by atoms with Crippen molar-refractivity contribution in [2.75, 3.05) is 33.2 Å². The molecule has 3 aliphatic heterocycles. The van der Waals surface area contributed by atoms with Gasteiger partial charge in [-0.1, -0.05) is 0 Å². The SMILES string of the molecule is CN1C2CCC1CN(C(=O)CCC1CCNCC1)CC2.Cl. The molecule has 4 nitrogen and oxygen atoms in total. The number of hydrogen-bond acceptors (Lipinski definition) is 3. The molecule has 1 N–H and O–H groups in total. The molecule has 3 fully saturated rings. The van der Waals surface area contributed by atoms with Crippen LogP contribution < -0.4 is 5.32 Å². The summed E-state index contributed by atoms with van der Waals surface area (Å²) in [6, 6.07) is 1.34. The van der Waals surface area contributed by atoms with Gasteiger partial charge in [0.1, 0.15) is 0 Å². The standard InChI is InChI=1S/C16H29N3O.ClH/c1-18-14-3-4-15(18)12-19(11-8-14)16(20)5-2-13-6-9-17-10-7-13;/h13-15,17H,2-12H2,1H3;1H. The van der Waals surface area contributed by atoms with Crippen LogP contribution in [0, 0.1) is 5.92 Å². The third kappa shape index (κ3) is 4.11. The molecule has 2 unspecified atom stereocenters. The molecular formula is C16H30ClN3O. The summed E-state index contributed by atoms with van der Waals surface area (Å²) in [5.74, 6) is 1.18. The molecule has 0 aromatic heterocycles. The van der Waals surface area contributed by atoms with Crippen molar-refractivity contribution in [2.45, 2.75) is 57.0 Å². The van der Waals surface area contributed by atoms with Gasteiger partial charge in [0.2, 0.25) is 5.91 Å². The fourth-order valence-electron chi connectivity index (χ4n) is 4.19. The van der Waals surface area contributed by atoms with Crippen LogP contribution in [0.5, 0.6) is 0 Å². The minimum absolute atomic E-state index is 0. The number of nitrogens with zero attached hydrogens (tertiary/aromatic N) is 2. The Hall–Kier alpha value is -0.320. The number of fused-ring (bicyclic) bond motifs is 2.